The number of aryl methyl sites for hydroxylation is 1. The van der Waals surface area contributed by atoms with Crippen molar-refractivity contribution < 1.29 is 14.6 Å². The first-order valence-corrected chi connectivity index (χ1v) is 8.91. The van der Waals surface area contributed by atoms with Crippen molar-refractivity contribution in [3.05, 3.63) is 59.2 Å². The van der Waals surface area contributed by atoms with Crippen LogP contribution < -0.4 is 14.8 Å². The fourth-order valence-corrected chi connectivity index (χ4v) is 2.71. The first kappa shape index (κ1) is 19.3. The Kier molecular flexibility index (Phi) is 8.29. The van der Waals surface area contributed by atoms with Gasteiger partial charge in [-0.1, -0.05) is 36.4 Å². The van der Waals surface area contributed by atoms with Crippen molar-refractivity contribution >= 4 is 0 Å². The van der Waals surface area contributed by atoms with E-state index in [4.69, 9.17) is 14.6 Å². The molecule has 0 atom stereocenters. The molecule has 25 heavy (non-hydrogen) atoms. The largest absolute Gasteiger partial charge is 0.493 e. The van der Waals surface area contributed by atoms with Crippen LogP contribution in [0.3, 0.4) is 0 Å². The molecule has 0 aromatic heterocycles. The van der Waals surface area contributed by atoms with E-state index in [9.17, 15) is 0 Å². The van der Waals surface area contributed by atoms with Gasteiger partial charge in [0.2, 0.25) is 0 Å². The Bertz CT molecular complexity index is 643. The molecule has 0 bridgehead atoms. The predicted octanol–water partition coefficient (Wildman–Crippen LogP) is 3.83. The molecule has 0 saturated heterocycles. The third-order valence-electron chi connectivity index (χ3n) is 4.24. The maximum absolute atomic E-state index is 8.82. The van der Waals surface area contributed by atoms with Crippen LogP contribution in [0.4, 0.5) is 0 Å². The minimum absolute atomic E-state index is 0.271. The molecule has 2 aromatic rings. The molecule has 4 heteroatoms. The molecule has 2 aromatic carbocycles. The summed E-state index contributed by atoms with van der Waals surface area (Å²) >= 11 is 0. The van der Waals surface area contributed by atoms with Gasteiger partial charge in [0.15, 0.2) is 11.5 Å². The number of unbranched alkanes of at least 4 members (excludes halogenated alkanes) is 2. The van der Waals surface area contributed by atoms with E-state index in [-0.39, 0.29) is 6.61 Å². The van der Waals surface area contributed by atoms with Crippen molar-refractivity contribution in [1.29, 1.82) is 0 Å². The van der Waals surface area contributed by atoms with Crippen molar-refractivity contribution in [3.63, 3.8) is 0 Å². The van der Waals surface area contributed by atoms with Crippen molar-refractivity contribution in [1.82, 2.24) is 5.32 Å². The standard InChI is InChI=1S/C21H29NO3/c1-17-9-4-5-10-19(17)16-25-21-18(11-8-12-20(21)24-2)15-22-13-6-3-7-14-23/h4-5,8-12,22-23H,3,6-7,13-16H2,1-2H3. The van der Waals surface area contributed by atoms with Crippen molar-refractivity contribution in [2.75, 3.05) is 20.3 Å². The van der Waals surface area contributed by atoms with E-state index in [1.165, 1.54) is 11.1 Å². The van der Waals surface area contributed by atoms with Gasteiger partial charge in [0.25, 0.3) is 0 Å². The van der Waals surface area contributed by atoms with Gasteiger partial charge in [-0.15, -0.1) is 0 Å². The highest BCUT2D eigenvalue weighted by Gasteiger charge is 2.11. The van der Waals surface area contributed by atoms with Crippen LogP contribution in [-0.2, 0) is 13.2 Å². The highest BCUT2D eigenvalue weighted by molar-refractivity contribution is 5.46. The Morgan fingerprint density at radius 2 is 1.76 bits per heavy atom. The summed E-state index contributed by atoms with van der Waals surface area (Å²) in [5.74, 6) is 1.56. The monoisotopic (exact) mass is 343 g/mol. The lowest BCUT2D eigenvalue weighted by Crippen LogP contribution is -2.16. The summed E-state index contributed by atoms with van der Waals surface area (Å²) < 4.78 is 11.6. The van der Waals surface area contributed by atoms with Crippen molar-refractivity contribution in [2.24, 2.45) is 0 Å². The van der Waals surface area contributed by atoms with Gasteiger partial charge in [0.1, 0.15) is 6.61 Å². The molecule has 0 unspecified atom stereocenters. The zero-order valence-electron chi connectivity index (χ0n) is 15.3. The molecule has 0 radical (unpaired) electrons. The molecule has 0 spiro atoms. The number of para-hydroxylation sites is 1. The number of nitrogens with one attached hydrogen (secondary N) is 1. The molecule has 0 aliphatic rings. The smallest absolute Gasteiger partial charge is 0.166 e. The summed E-state index contributed by atoms with van der Waals surface area (Å²) in [5, 5.41) is 12.3. The van der Waals surface area contributed by atoms with Crippen LogP contribution in [0.2, 0.25) is 0 Å². The third kappa shape index (κ3) is 6.07. The van der Waals surface area contributed by atoms with Gasteiger partial charge in [-0.05, 0) is 49.9 Å². The maximum atomic E-state index is 8.82. The van der Waals surface area contributed by atoms with Gasteiger partial charge >= 0.3 is 0 Å². The summed E-state index contributed by atoms with van der Waals surface area (Å²) in [4.78, 5) is 0. The Morgan fingerprint density at radius 1 is 0.960 bits per heavy atom. The predicted molar refractivity (Wildman–Crippen MR) is 101 cm³/mol. The average Bonchev–Trinajstić information content (AvgIpc) is 2.64. The number of aliphatic hydroxyl groups is 1. The lowest BCUT2D eigenvalue weighted by molar-refractivity contribution is 0.279. The fourth-order valence-electron chi connectivity index (χ4n) is 2.71. The molecule has 0 heterocycles. The molecule has 2 rings (SSSR count). The van der Waals surface area contributed by atoms with Gasteiger partial charge in [0, 0.05) is 18.7 Å². The number of hydrogen-bond donors (Lipinski definition) is 2. The van der Waals surface area contributed by atoms with Crippen LogP contribution in [0, 0.1) is 6.92 Å². The van der Waals surface area contributed by atoms with Gasteiger partial charge in [-0.2, -0.15) is 0 Å². The van der Waals surface area contributed by atoms with Gasteiger partial charge < -0.3 is 19.9 Å². The number of rotatable bonds is 11. The molecule has 0 saturated carbocycles. The molecule has 0 amide bonds. The normalized spacial score (nSPS) is 10.7. The van der Waals surface area contributed by atoms with Crippen LogP contribution in [-0.4, -0.2) is 25.4 Å². The van der Waals surface area contributed by atoms with Gasteiger partial charge in [-0.3, -0.25) is 0 Å². The van der Waals surface area contributed by atoms with Crippen LogP contribution in [0.1, 0.15) is 36.0 Å². The SMILES string of the molecule is COc1cccc(CNCCCCCO)c1OCc1ccccc1C. The van der Waals surface area contributed by atoms with Crippen molar-refractivity contribution in [2.45, 2.75) is 39.3 Å². The van der Waals surface area contributed by atoms with Crippen molar-refractivity contribution in [3.8, 4) is 11.5 Å². The number of methoxy groups -OCH3 is 1. The number of benzene rings is 2. The van der Waals surface area contributed by atoms with E-state index in [0.717, 1.165) is 49.4 Å². The third-order valence-corrected chi connectivity index (χ3v) is 4.24. The van der Waals surface area contributed by atoms with E-state index in [0.29, 0.717) is 6.61 Å². The summed E-state index contributed by atoms with van der Waals surface area (Å²) in [7, 11) is 1.67. The first-order valence-electron chi connectivity index (χ1n) is 8.91. The maximum Gasteiger partial charge on any atom is 0.166 e. The van der Waals surface area contributed by atoms with Crippen LogP contribution in [0.15, 0.2) is 42.5 Å². The van der Waals surface area contributed by atoms with Gasteiger partial charge in [-0.25, -0.2) is 0 Å². The molecule has 136 valence electrons. The molecule has 0 aliphatic heterocycles. The van der Waals surface area contributed by atoms with E-state index < -0.39 is 0 Å². The van der Waals surface area contributed by atoms with E-state index in [1.807, 2.05) is 24.3 Å². The van der Waals surface area contributed by atoms with Gasteiger partial charge in [0.05, 0.1) is 7.11 Å². The summed E-state index contributed by atoms with van der Waals surface area (Å²) in [6, 6.07) is 14.2. The minimum atomic E-state index is 0.271. The van der Waals surface area contributed by atoms with E-state index in [2.05, 4.69) is 30.4 Å². The average molecular weight is 343 g/mol. The zero-order chi connectivity index (χ0) is 17.9. The number of hydrogen-bond acceptors (Lipinski definition) is 4. The number of ether oxygens (including phenoxy) is 2. The fraction of sp³-hybridized carbons (Fsp3) is 0.429. The molecule has 2 N–H and O–H groups in total. The molecular weight excluding hydrogens is 314 g/mol. The second-order valence-electron chi connectivity index (χ2n) is 6.12. The number of aliphatic hydroxyl groups excluding tert-OH is 1. The van der Waals surface area contributed by atoms with E-state index in [1.54, 1.807) is 7.11 Å². The highest BCUT2D eigenvalue weighted by Crippen LogP contribution is 2.32. The molecular formula is C21H29NO3. The Hall–Kier alpha value is -2.04. The lowest BCUT2D eigenvalue weighted by Gasteiger charge is -2.16. The summed E-state index contributed by atoms with van der Waals surface area (Å²) in [5.41, 5.74) is 3.49. The lowest BCUT2D eigenvalue weighted by atomic mass is 10.1. The quantitative estimate of drug-likeness (QED) is 0.609. The van der Waals surface area contributed by atoms with E-state index >= 15 is 0 Å². The Labute approximate surface area is 150 Å². The minimum Gasteiger partial charge on any atom is -0.493 e. The zero-order valence-corrected chi connectivity index (χ0v) is 15.3. The highest BCUT2D eigenvalue weighted by atomic mass is 16.5. The Morgan fingerprint density at radius 3 is 2.52 bits per heavy atom. The molecule has 0 fully saturated rings. The Balaban J connectivity index is 1.98. The summed E-state index contributed by atoms with van der Waals surface area (Å²) in [6.45, 7) is 4.55. The van der Waals surface area contributed by atoms with Crippen LogP contribution in [0.25, 0.3) is 0 Å². The topological polar surface area (TPSA) is 50.7 Å². The van der Waals surface area contributed by atoms with Crippen LogP contribution >= 0.6 is 0 Å². The second-order valence-corrected chi connectivity index (χ2v) is 6.12. The molecule has 0 aliphatic carbocycles. The first-order chi connectivity index (χ1) is 12.3. The second kappa shape index (κ2) is 10.7. The molecule has 4 nitrogen and oxygen atoms in total. The summed E-state index contributed by atoms with van der Waals surface area (Å²) in [6.07, 6.45) is 2.97. The van der Waals surface area contributed by atoms with Crippen LogP contribution in [0.5, 0.6) is 11.5 Å².